The van der Waals surface area contributed by atoms with Crippen molar-refractivity contribution in [2.24, 2.45) is 0 Å². The molecule has 0 amide bonds. The number of aryl methyl sites for hydroxylation is 2. The minimum absolute atomic E-state index is 0.275. The van der Waals surface area contributed by atoms with E-state index in [0.717, 1.165) is 11.1 Å². The van der Waals surface area contributed by atoms with Crippen LogP contribution in [0.4, 0.5) is 0 Å². The maximum Gasteiger partial charge on any atom is 0.326 e. The highest BCUT2D eigenvalue weighted by Crippen LogP contribution is 2.11. The first-order chi connectivity index (χ1) is 12.5. The normalized spacial score (nSPS) is 10.7. The minimum atomic E-state index is -0.664. The number of hydrogen-bond acceptors (Lipinski definition) is 5. The molecule has 0 aliphatic carbocycles. The van der Waals surface area contributed by atoms with E-state index in [4.69, 9.17) is 4.74 Å². The van der Waals surface area contributed by atoms with E-state index >= 15 is 0 Å². The van der Waals surface area contributed by atoms with Gasteiger partial charge in [0, 0.05) is 5.56 Å². The molecular formula is C20H18N2O4. The smallest absolute Gasteiger partial charge is 0.326 e. The summed E-state index contributed by atoms with van der Waals surface area (Å²) in [6, 6.07) is 12.4. The zero-order valence-electron chi connectivity index (χ0n) is 14.6. The molecule has 0 fully saturated rings. The quantitative estimate of drug-likeness (QED) is 0.522. The molecule has 0 N–H and O–H groups in total. The lowest BCUT2D eigenvalue weighted by molar-refractivity contribution is -0.143. The molecule has 0 radical (unpaired) electrons. The van der Waals surface area contributed by atoms with Crippen LogP contribution in [0.25, 0.3) is 10.9 Å². The number of para-hydroxylation sites is 1. The molecule has 0 unspecified atom stereocenters. The van der Waals surface area contributed by atoms with Crippen molar-refractivity contribution in [3.63, 3.8) is 0 Å². The molecule has 132 valence electrons. The van der Waals surface area contributed by atoms with Crippen LogP contribution in [0.3, 0.4) is 0 Å². The molecule has 1 heterocycles. The van der Waals surface area contributed by atoms with Crippen LogP contribution in [0.1, 0.15) is 21.5 Å². The summed E-state index contributed by atoms with van der Waals surface area (Å²) in [7, 11) is 0. The van der Waals surface area contributed by atoms with Crippen LogP contribution in [0.2, 0.25) is 0 Å². The molecule has 6 nitrogen and oxygen atoms in total. The first-order valence-corrected chi connectivity index (χ1v) is 8.16. The number of hydrogen-bond donors (Lipinski definition) is 0. The Morgan fingerprint density at radius 1 is 1.12 bits per heavy atom. The van der Waals surface area contributed by atoms with E-state index in [0.29, 0.717) is 16.5 Å². The van der Waals surface area contributed by atoms with Gasteiger partial charge in [0.25, 0.3) is 5.56 Å². The van der Waals surface area contributed by atoms with Gasteiger partial charge >= 0.3 is 5.97 Å². The highest BCUT2D eigenvalue weighted by atomic mass is 16.5. The Hall–Kier alpha value is -3.28. The van der Waals surface area contributed by atoms with Crippen molar-refractivity contribution in [3.05, 3.63) is 75.8 Å². The van der Waals surface area contributed by atoms with Gasteiger partial charge in [0.2, 0.25) is 5.78 Å². The van der Waals surface area contributed by atoms with Crippen molar-refractivity contribution in [1.82, 2.24) is 9.55 Å². The Morgan fingerprint density at radius 3 is 2.69 bits per heavy atom. The van der Waals surface area contributed by atoms with Crippen molar-refractivity contribution >= 4 is 22.7 Å². The van der Waals surface area contributed by atoms with E-state index < -0.39 is 5.97 Å². The predicted molar refractivity (Wildman–Crippen MR) is 97.2 cm³/mol. The van der Waals surface area contributed by atoms with Crippen LogP contribution in [0, 0.1) is 13.8 Å². The third-order valence-electron chi connectivity index (χ3n) is 4.09. The second kappa shape index (κ2) is 7.31. The van der Waals surface area contributed by atoms with Crippen LogP contribution < -0.4 is 5.56 Å². The van der Waals surface area contributed by atoms with Gasteiger partial charge in [-0.25, -0.2) is 4.98 Å². The van der Waals surface area contributed by atoms with E-state index in [1.54, 1.807) is 30.3 Å². The summed E-state index contributed by atoms with van der Waals surface area (Å²) in [5.74, 6) is -0.939. The Bertz CT molecular complexity index is 1050. The number of aromatic nitrogens is 2. The Kier molecular flexibility index (Phi) is 4.93. The fourth-order valence-corrected chi connectivity index (χ4v) is 2.66. The SMILES string of the molecule is Cc1ccc(C)c(C(=O)COC(=O)Cn2cnc3ccccc3c2=O)c1. The number of rotatable bonds is 5. The van der Waals surface area contributed by atoms with E-state index in [9.17, 15) is 14.4 Å². The number of carbonyl (C=O) groups excluding carboxylic acids is 2. The molecule has 0 spiro atoms. The van der Waals surface area contributed by atoms with Crippen LogP contribution in [0.5, 0.6) is 0 Å². The maximum atomic E-state index is 12.4. The van der Waals surface area contributed by atoms with Crippen LogP contribution >= 0.6 is 0 Å². The molecule has 0 aliphatic rings. The average Bonchev–Trinajstić information content (AvgIpc) is 2.64. The van der Waals surface area contributed by atoms with Gasteiger partial charge in [-0.2, -0.15) is 0 Å². The number of fused-ring (bicyclic) bond motifs is 1. The molecule has 0 bridgehead atoms. The van der Waals surface area contributed by atoms with Crippen LogP contribution in [0.15, 0.2) is 53.6 Å². The van der Waals surface area contributed by atoms with Crippen molar-refractivity contribution in [2.45, 2.75) is 20.4 Å². The standard InChI is InChI=1S/C20H18N2O4/c1-13-7-8-14(2)16(9-13)18(23)11-26-19(24)10-22-12-21-17-6-4-3-5-15(17)20(22)25/h3-9,12H,10-11H2,1-2H3. The van der Waals surface area contributed by atoms with Gasteiger partial charge in [-0.3, -0.25) is 19.0 Å². The molecule has 3 aromatic rings. The summed E-state index contributed by atoms with van der Waals surface area (Å²) >= 11 is 0. The molecule has 0 aliphatic heterocycles. The largest absolute Gasteiger partial charge is 0.456 e. The lowest BCUT2D eigenvalue weighted by atomic mass is 10.0. The van der Waals surface area contributed by atoms with Gasteiger partial charge in [0.05, 0.1) is 17.2 Å². The number of esters is 1. The fourth-order valence-electron chi connectivity index (χ4n) is 2.66. The average molecular weight is 350 g/mol. The van der Waals surface area contributed by atoms with Gasteiger partial charge in [-0.15, -0.1) is 0 Å². The van der Waals surface area contributed by atoms with Crippen molar-refractivity contribution in [2.75, 3.05) is 6.61 Å². The minimum Gasteiger partial charge on any atom is -0.456 e. The van der Waals surface area contributed by atoms with Gasteiger partial charge in [-0.05, 0) is 37.6 Å². The topological polar surface area (TPSA) is 78.3 Å². The lowest BCUT2D eigenvalue weighted by Gasteiger charge is -2.09. The highest BCUT2D eigenvalue weighted by molar-refractivity contribution is 5.99. The summed E-state index contributed by atoms with van der Waals surface area (Å²) in [4.78, 5) is 40.8. The monoisotopic (exact) mass is 350 g/mol. The Balaban J connectivity index is 1.68. The van der Waals surface area contributed by atoms with Gasteiger partial charge in [0.15, 0.2) is 6.61 Å². The molecule has 2 aromatic carbocycles. The summed E-state index contributed by atoms with van der Waals surface area (Å²) in [6.07, 6.45) is 1.30. The summed E-state index contributed by atoms with van der Waals surface area (Å²) < 4.78 is 6.22. The predicted octanol–water partition coefficient (Wildman–Crippen LogP) is 2.44. The number of nitrogens with zero attached hydrogens (tertiary/aromatic N) is 2. The molecule has 0 saturated heterocycles. The first-order valence-electron chi connectivity index (χ1n) is 8.16. The number of benzene rings is 2. The molecule has 6 heteroatoms. The van der Waals surface area contributed by atoms with Gasteiger partial charge in [0.1, 0.15) is 6.54 Å². The molecule has 0 saturated carbocycles. The van der Waals surface area contributed by atoms with E-state index in [1.807, 2.05) is 26.0 Å². The summed E-state index contributed by atoms with van der Waals surface area (Å²) in [5, 5.41) is 0.425. The van der Waals surface area contributed by atoms with Gasteiger partial charge < -0.3 is 4.74 Å². The molecule has 0 atom stereocenters. The Labute approximate surface area is 150 Å². The molecular weight excluding hydrogens is 332 g/mol. The lowest BCUT2D eigenvalue weighted by Crippen LogP contribution is -2.27. The van der Waals surface area contributed by atoms with Crippen LogP contribution in [-0.4, -0.2) is 27.9 Å². The summed E-state index contributed by atoms with van der Waals surface area (Å²) in [6.45, 7) is 3.06. The van der Waals surface area contributed by atoms with E-state index in [1.165, 1.54) is 10.9 Å². The van der Waals surface area contributed by atoms with E-state index in [-0.39, 0.29) is 24.5 Å². The first kappa shape index (κ1) is 17.5. The zero-order chi connectivity index (χ0) is 18.7. The molecule has 26 heavy (non-hydrogen) atoms. The van der Waals surface area contributed by atoms with Crippen molar-refractivity contribution in [1.29, 1.82) is 0 Å². The van der Waals surface area contributed by atoms with Gasteiger partial charge in [-0.1, -0.05) is 29.8 Å². The highest BCUT2D eigenvalue weighted by Gasteiger charge is 2.14. The van der Waals surface area contributed by atoms with E-state index in [2.05, 4.69) is 4.98 Å². The summed E-state index contributed by atoms with van der Waals surface area (Å²) in [5.41, 5.74) is 2.55. The molecule has 1 aromatic heterocycles. The fraction of sp³-hybridized carbons (Fsp3) is 0.200. The van der Waals surface area contributed by atoms with Crippen molar-refractivity contribution in [3.8, 4) is 0 Å². The zero-order valence-corrected chi connectivity index (χ0v) is 14.6. The Morgan fingerprint density at radius 2 is 1.88 bits per heavy atom. The number of ketones is 1. The van der Waals surface area contributed by atoms with Crippen LogP contribution in [-0.2, 0) is 16.1 Å². The number of carbonyl (C=O) groups is 2. The third-order valence-corrected chi connectivity index (χ3v) is 4.09. The number of Topliss-reactive ketones (excluding diaryl/α,β-unsaturated/α-hetero) is 1. The molecule has 3 rings (SSSR count). The van der Waals surface area contributed by atoms with Crippen molar-refractivity contribution < 1.29 is 14.3 Å². The second-order valence-electron chi connectivity index (χ2n) is 6.10. The third kappa shape index (κ3) is 3.69. The second-order valence-corrected chi connectivity index (χ2v) is 6.10. The number of ether oxygens (including phenoxy) is 1. The maximum absolute atomic E-state index is 12.4.